The average Bonchev–Trinajstić information content (AvgIpc) is 3.20. The van der Waals surface area contributed by atoms with Crippen molar-refractivity contribution in [3.63, 3.8) is 0 Å². The quantitative estimate of drug-likeness (QED) is 0.859. The lowest BCUT2D eigenvalue weighted by atomic mass is 9.95. The zero-order valence-corrected chi connectivity index (χ0v) is 14.8. The number of urea groups is 1. The van der Waals surface area contributed by atoms with E-state index < -0.39 is 12.0 Å². The van der Waals surface area contributed by atoms with Crippen LogP contribution in [-0.2, 0) is 9.59 Å². The number of hydrogen-bond donors (Lipinski definition) is 2. The van der Waals surface area contributed by atoms with E-state index in [0.717, 1.165) is 25.9 Å². The summed E-state index contributed by atoms with van der Waals surface area (Å²) in [6.45, 7) is 2.71. The van der Waals surface area contributed by atoms with Gasteiger partial charge in [-0.3, -0.25) is 4.79 Å². The van der Waals surface area contributed by atoms with Crippen molar-refractivity contribution < 1.29 is 19.5 Å². The number of carbonyl (C=O) groups is 3. The summed E-state index contributed by atoms with van der Waals surface area (Å²) in [6, 6.07) is 7.70. The number of carboxylic acid groups (broad SMARTS) is 1. The summed E-state index contributed by atoms with van der Waals surface area (Å²) in [5.74, 6) is -1.59. The third-order valence-electron chi connectivity index (χ3n) is 5.18. The van der Waals surface area contributed by atoms with Crippen LogP contribution in [0.4, 0.5) is 4.79 Å². The van der Waals surface area contributed by atoms with Crippen molar-refractivity contribution in [2.45, 2.75) is 31.7 Å². The highest BCUT2D eigenvalue weighted by molar-refractivity contribution is 5.86. The number of nitrogens with one attached hydrogen (secondary N) is 1. The average molecular weight is 359 g/mol. The molecule has 2 saturated heterocycles. The molecule has 0 spiro atoms. The first kappa shape index (κ1) is 18.2. The second kappa shape index (κ2) is 8.21. The largest absolute Gasteiger partial charge is 0.479 e. The molecule has 0 radical (unpaired) electrons. The van der Waals surface area contributed by atoms with Gasteiger partial charge in [0.2, 0.25) is 5.91 Å². The van der Waals surface area contributed by atoms with E-state index in [9.17, 15) is 19.5 Å². The minimum Gasteiger partial charge on any atom is -0.479 e. The summed E-state index contributed by atoms with van der Waals surface area (Å²) in [5.41, 5.74) is 0.551. The van der Waals surface area contributed by atoms with Crippen LogP contribution in [0.15, 0.2) is 30.3 Å². The van der Waals surface area contributed by atoms with Crippen LogP contribution in [0.25, 0.3) is 0 Å². The molecule has 7 heteroatoms. The van der Waals surface area contributed by atoms with Crippen molar-refractivity contribution in [1.82, 2.24) is 15.1 Å². The molecule has 1 aromatic rings. The van der Waals surface area contributed by atoms with Crippen LogP contribution in [0.3, 0.4) is 0 Å². The zero-order valence-electron chi connectivity index (χ0n) is 14.8. The van der Waals surface area contributed by atoms with E-state index in [1.54, 1.807) is 35.2 Å². The molecule has 1 aromatic carbocycles. The van der Waals surface area contributed by atoms with Gasteiger partial charge in [-0.1, -0.05) is 30.3 Å². The fourth-order valence-electron chi connectivity index (χ4n) is 3.63. The summed E-state index contributed by atoms with van der Waals surface area (Å²) < 4.78 is 0. The molecule has 2 fully saturated rings. The van der Waals surface area contributed by atoms with Gasteiger partial charge in [0, 0.05) is 32.1 Å². The first-order valence-corrected chi connectivity index (χ1v) is 9.18. The van der Waals surface area contributed by atoms with Gasteiger partial charge in [-0.25, -0.2) is 9.59 Å². The highest BCUT2D eigenvalue weighted by Gasteiger charge is 2.32. The van der Waals surface area contributed by atoms with Crippen molar-refractivity contribution in [1.29, 1.82) is 0 Å². The summed E-state index contributed by atoms with van der Waals surface area (Å²) in [5, 5.41) is 12.1. The lowest BCUT2D eigenvalue weighted by Gasteiger charge is -2.34. The number of carboxylic acids is 1. The van der Waals surface area contributed by atoms with Gasteiger partial charge in [-0.2, -0.15) is 0 Å². The molecular weight excluding hydrogens is 334 g/mol. The lowest BCUT2D eigenvalue weighted by Crippen LogP contribution is -2.48. The molecule has 2 aliphatic heterocycles. The van der Waals surface area contributed by atoms with E-state index in [1.807, 2.05) is 4.90 Å². The minimum atomic E-state index is -1.08. The molecule has 0 unspecified atom stereocenters. The van der Waals surface area contributed by atoms with Gasteiger partial charge in [-0.05, 0) is 31.2 Å². The monoisotopic (exact) mass is 359 g/mol. The Morgan fingerprint density at radius 1 is 0.962 bits per heavy atom. The van der Waals surface area contributed by atoms with Gasteiger partial charge in [0.1, 0.15) is 0 Å². The number of nitrogens with zero attached hydrogens (tertiary/aromatic N) is 2. The Bertz CT molecular complexity index is 650. The summed E-state index contributed by atoms with van der Waals surface area (Å²) in [6.07, 6.45) is 3.24. The third kappa shape index (κ3) is 4.15. The first-order valence-electron chi connectivity index (χ1n) is 9.18. The molecule has 2 heterocycles. The van der Waals surface area contributed by atoms with E-state index >= 15 is 0 Å². The fourth-order valence-corrected chi connectivity index (χ4v) is 3.63. The highest BCUT2D eigenvalue weighted by atomic mass is 16.4. The maximum absolute atomic E-state index is 12.5. The van der Waals surface area contributed by atoms with Crippen molar-refractivity contribution in [3.05, 3.63) is 35.9 Å². The van der Waals surface area contributed by atoms with Gasteiger partial charge < -0.3 is 20.2 Å². The van der Waals surface area contributed by atoms with Crippen LogP contribution < -0.4 is 5.32 Å². The standard InChI is InChI=1S/C19H25N3O4/c23-17(20-16(18(24)25)14-6-2-1-3-7-14)15-8-12-22(13-9-15)19(26)21-10-4-5-11-21/h1-3,6-7,15-16H,4-5,8-13H2,(H,20,23)(H,24,25)/t16-/m0/s1. The Kier molecular flexibility index (Phi) is 5.75. The number of rotatable bonds is 4. The normalized spacial score (nSPS) is 19.2. The van der Waals surface area contributed by atoms with Crippen LogP contribution in [0, 0.1) is 5.92 Å². The Morgan fingerprint density at radius 3 is 2.12 bits per heavy atom. The number of benzene rings is 1. The summed E-state index contributed by atoms with van der Waals surface area (Å²) in [7, 11) is 0. The van der Waals surface area contributed by atoms with E-state index in [2.05, 4.69) is 5.32 Å². The predicted octanol–water partition coefficient (Wildman–Crippen LogP) is 1.86. The third-order valence-corrected chi connectivity index (χ3v) is 5.18. The molecule has 0 saturated carbocycles. The molecule has 0 aliphatic carbocycles. The van der Waals surface area contributed by atoms with Crippen LogP contribution in [0.5, 0.6) is 0 Å². The predicted molar refractivity (Wildman–Crippen MR) is 95.5 cm³/mol. The number of aliphatic carboxylic acids is 1. The van der Waals surface area contributed by atoms with E-state index in [-0.39, 0.29) is 17.9 Å². The van der Waals surface area contributed by atoms with Crippen LogP contribution in [0.1, 0.15) is 37.3 Å². The Morgan fingerprint density at radius 2 is 1.54 bits per heavy atom. The highest BCUT2D eigenvalue weighted by Crippen LogP contribution is 2.22. The van der Waals surface area contributed by atoms with Crippen molar-refractivity contribution in [2.24, 2.45) is 5.92 Å². The SMILES string of the molecule is O=C(N[C@H](C(=O)O)c1ccccc1)C1CCN(C(=O)N2CCCC2)CC1. The molecule has 2 N–H and O–H groups in total. The minimum absolute atomic E-state index is 0.0639. The number of carbonyl (C=O) groups excluding carboxylic acids is 2. The van der Waals surface area contributed by atoms with E-state index in [0.29, 0.717) is 31.5 Å². The number of piperidine rings is 1. The topological polar surface area (TPSA) is 90.0 Å². The molecule has 7 nitrogen and oxygen atoms in total. The number of amides is 3. The molecular formula is C19H25N3O4. The molecule has 140 valence electrons. The van der Waals surface area contributed by atoms with E-state index in [4.69, 9.17) is 0 Å². The molecule has 26 heavy (non-hydrogen) atoms. The van der Waals surface area contributed by atoms with Crippen LogP contribution in [0.2, 0.25) is 0 Å². The molecule has 2 aliphatic rings. The van der Waals surface area contributed by atoms with Crippen LogP contribution >= 0.6 is 0 Å². The van der Waals surface area contributed by atoms with E-state index in [1.165, 1.54) is 0 Å². The molecule has 0 bridgehead atoms. The zero-order chi connectivity index (χ0) is 18.5. The van der Waals surface area contributed by atoms with Gasteiger partial charge in [0.25, 0.3) is 0 Å². The van der Waals surface area contributed by atoms with Gasteiger partial charge in [-0.15, -0.1) is 0 Å². The number of hydrogen-bond acceptors (Lipinski definition) is 3. The van der Waals surface area contributed by atoms with Crippen molar-refractivity contribution >= 4 is 17.9 Å². The second-order valence-corrected chi connectivity index (χ2v) is 6.93. The van der Waals surface area contributed by atoms with Crippen LogP contribution in [-0.4, -0.2) is 59.0 Å². The maximum atomic E-state index is 12.5. The molecule has 0 aromatic heterocycles. The van der Waals surface area contributed by atoms with Gasteiger partial charge in [0.05, 0.1) is 0 Å². The fraction of sp³-hybridized carbons (Fsp3) is 0.526. The van der Waals surface area contributed by atoms with Crippen molar-refractivity contribution in [3.8, 4) is 0 Å². The Hall–Kier alpha value is -2.57. The summed E-state index contributed by atoms with van der Waals surface area (Å²) in [4.78, 5) is 40.1. The van der Waals surface area contributed by atoms with Gasteiger partial charge >= 0.3 is 12.0 Å². The maximum Gasteiger partial charge on any atom is 0.330 e. The van der Waals surface area contributed by atoms with Gasteiger partial charge in [0.15, 0.2) is 6.04 Å². The van der Waals surface area contributed by atoms with Crippen molar-refractivity contribution in [2.75, 3.05) is 26.2 Å². The molecule has 1 atom stereocenters. The first-order chi connectivity index (χ1) is 12.6. The Balaban J connectivity index is 1.54. The Labute approximate surface area is 153 Å². The molecule has 3 rings (SSSR count). The molecule has 3 amide bonds. The second-order valence-electron chi connectivity index (χ2n) is 6.93. The lowest BCUT2D eigenvalue weighted by molar-refractivity contribution is -0.143. The number of likely N-dealkylation sites (tertiary alicyclic amines) is 2. The smallest absolute Gasteiger partial charge is 0.330 e. The summed E-state index contributed by atoms with van der Waals surface area (Å²) >= 11 is 0.